The molecule has 2 atom stereocenters. The first kappa shape index (κ1) is 13.6. The summed E-state index contributed by atoms with van der Waals surface area (Å²) in [5.41, 5.74) is 0.219. The third kappa shape index (κ3) is 2.62. The quantitative estimate of drug-likeness (QED) is 0.724. The molecule has 1 aliphatic rings. The Bertz CT molecular complexity index is 466. The van der Waals surface area contributed by atoms with Crippen molar-refractivity contribution in [2.24, 2.45) is 5.92 Å². The van der Waals surface area contributed by atoms with Crippen LogP contribution in [-0.2, 0) is 0 Å². The van der Waals surface area contributed by atoms with E-state index in [1.54, 1.807) is 11.0 Å². The van der Waals surface area contributed by atoms with Gasteiger partial charge in [0, 0.05) is 18.5 Å². The minimum absolute atomic E-state index is 0.0945. The van der Waals surface area contributed by atoms with Gasteiger partial charge < -0.3 is 4.90 Å². The molecule has 98 valence electrons. The maximum absolute atomic E-state index is 13.3. The normalized spacial score (nSPS) is 24.1. The van der Waals surface area contributed by atoms with Gasteiger partial charge in [0.05, 0.1) is 10.6 Å². The van der Waals surface area contributed by atoms with E-state index in [4.69, 9.17) is 23.2 Å². The molecule has 1 aromatic rings. The highest BCUT2D eigenvalue weighted by atomic mass is 35.5. The minimum Gasteiger partial charge on any atom is -0.338 e. The number of benzene rings is 1. The second-order valence-electron chi connectivity index (χ2n) is 4.63. The number of amides is 1. The number of halogens is 3. The van der Waals surface area contributed by atoms with Gasteiger partial charge in [-0.2, -0.15) is 0 Å². The molecule has 1 fully saturated rings. The Morgan fingerprint density at radius 1 is 1.50 bits per heavy atom. The molecule has 0 spiro atoms. The molecule has 0 N–H and O–H groups in total. The maximum Gasteiger partial charge on any atom is 0.255 e. The summed E-state index contributed by atoms with van der Waals surface area (Å²) in [7, 11) is 0. The molecule has 1 amide bonds. The van der Waals surface area contributed by atoms with Crippen LogP contribution in [-0.4, -0.2) is 29.3 Å². The number of nitrogens with zero attached hydrogens (tertiary/aromatic N) is 1. The summed E-state index contributed by atoms with van der Waals surface area (Å²) in [4.78, 5) is 13.9. The molecule has 2 unspecified atom stereocenters. The van der Waals surface area contributed by atoms with Crippen LogP contribution < -0.4 is 0 Å². The van der Waals surface area contributed by atoms with E-state index in [1.165, 1.54) is 12.1 Å². The van der Waals surface area contributed by atoms with E-state index in [-0.39, 0.29) is 27.8 Å². The van der Waals surface area contributed by atoms with Crippen LogP contribution in [0.1, 0.15) is 23.7 Å². The Morgan fingerprint density at radius 3 is 2.89 bits per heavy atom. The third-order valence-electron chi connectivity index (χ3n) is 3.27. The van der Waals surface area contributed by atoms with E-state index < -0.39 is 5.82 Å². The summed E-state index contributed by atoms with van der Waals surface area (Å²) in [6.07, 6.45) is 0.751. The van der Waals surface area contributed by atoms with Crippen LogP contribution in [0.4, 0.5) is 4.39 Å². The minimum atomic E-state index is -0.567. The summed E-state index contributed by atoms with van der Waals surface area (Å²) in [6.45, 7) is 3.17. The van der Waals surface area contributed by atoms with Crippen LogP contribution in [0.5, 0.6) is 0 Å². The molecule has 0 aliphatic carbocycles. The lowest BCUT2D eigenvalue weighted by molar-refractivity contribution is 0.0686. The van der Waals surface area contributed by atoms with Crippen molar-refractivity contribution in [2.75, 3.05) is 13.1 Å². The van der Waals surface area contributed by atoms with Crippen LogP contribution in [0.2, 0.25) is 5.02 Å². The fraction of sp³-hybridized carbons (Fsp3) is 0.462. The van der Waals surface area contributed by atoms with Gasteiger partial charge in [-0.05, 0) is 24.5 Å². The number of carbonyl (C=O) groups is 1. The smallest absolute Gasteiger partial charge is 0.255 e. The van der Waals surface area contributed by atoms with E-state index in [2.05, 4.69) is 0 Å². The molecule has 1 heterocycles. The Labute approximate surface area is 116 Å². The molecule has 2 rings (SSSR count). The molecule has 0 bridgehead atoms. The standard InChI is InChI=1S/C13H14Cl2FNO/c1-8-7-17(6-5-10(8)14)13(18)9-3-2-4-11(16)12(9)15/h2-4,8,10H,5-7H2,1H3. The Morgan fingerprint density at radius 2 is 2.22 bits per heavy atom. The third-order valence-corrected chi connectivity index (χ3v) is 4.30. The highest BCUT2D eigenvalue weighted by molar-refractivity contribution is 6.34. The van der Waals surface area contributed by atoms with Crippen molar-refractivity contribution in [1.29, 1.82) is 0 Å². The average Bonchev–Trinajstić information content (AvgIpc) is 2.35. The zero-order valence-electron chi connectivity index (χ0n) is 10.00. The van der Waals surface area contributed by atoms with Gasteiger partial charge in [0.1, 0.15) is 5.82 Å². The number of carbonyl (C=O) groups excluding carboxylic acids is 1. The van der Waals surface area contributed by atoms with Gasteiger partial charge in [0.15, 0.2) is 0 Å². The Kier molecular flexibility index (Phi) is 4.13. The predicted molar refractivity (Wildman–Crippen MR) is 70.7 cm³/mol. The average molecular weight is 290 g/mol. The van der Waals surface area contributed by atoms with Crippen LogP contribution >= 0.6 is 23.2 Å². The number of rotatable bonds is 1. The molecular weight excluding hydrogens is 276 g/mol. The van der Waals surface area contributed by atoms with Gasteiger partial charge >= 0.3 is 0 Å². The van der Waals surface area contributed by atoms with Gasteiger partial charge in [0.25, 0.3) is 5.91 Å². The van der Waals surface area contributed by atoms with Crippen molar-refractivity contribution >= 4 is 29.1 Å². The monoisotopic (exact) mass is 289 g/mol. The summed E-state index contributed by atoms with van der Waals surface area (Å²) in [5.74, 6) is -0.561. The van der Waals surface area contributed by atoms with Crippen molar-refractivity contribution < 1.29 is 9.18 Å². The fourth-order valence-electron chi connectivity index (χ4n) is 2.14. The number of hydrogen-bond donors (Lipinski definition) is 0. The largest absolute Gasteiger partial charge is 0.338 e. The summed E-state index contributed by atoms with van der Waals surface area (Å²) in [6, 6.07) is 4.28. The molecule has 0 radical (unpaired) electrons. The van der Waals surface area contributed by atoms with Crippen LogP contribution in [0.15, 0.2) is 18.2 Å². The zero-order chi connectivity index (χ0) is 13.3. The number of alkyl halides is 1. The first-order chi connectivity index (χ1) is 8.50. The molecule has 2 nitrogen and oxygen atoms in total. The van der Waals surface area contributed by atoms with Gasteiger partial charge in [-0.25, -0.2) is 4.39 Å². The van der Waals surface area contributed by atoms with Gasteiger partial charge in [-0.15, -0.1) is 11.6 Å². The first-order valence-electron chi connectivity index (χ1n) is 5.88. The van der Waals surface area contributed by atoms with Crippen LogP contribution in [0, 0.1) is 11.7 Å². The molecule has 1 aromatic carbocycles. The zero-order valence-corrected chi connectivity index (χ0v) is 11.5. The lowest BCUT2D eigenvalue weighted by Gasteiger charge is -2.34. The molecule has 0 aromatic heterocycles. The number of piperidine rings is 1. The molecule has 5 heteroatoms. The molecule has 1 saturated heterocycles. The fourth-order valence-corrected chi connectivity index (χ4v) is 2.52. The van der Waals surface area contributed by atoms with Gasteiger partial charge in [-0.1, -0.05) is 24.6 Å². The molecule has 18 heavy (non-hydrogen) atoms. The van der Waals surface area contributed by atoms with Crippen molar-refractivity contribution in [2.45, 2.75) is 18.7 Å². The van der Waals surface area contributed by atoms with Crippen molar-refractivity contribution in [3.63, 3.8) is 0 Å². The predicted octanol–water partition coefficient (Wildman–Crippen LogP) is 3.57. The highest BCUT2D eigenvalue weighted by Gasteiger charge is 2.28. The van der Waals surface area contributed by atoms with E-state index in [1.807, 2.05) is 6.92 Å². The van der Waals surface area contributed by atoms with Crippen molar-refractivity contribution in [3.05, 3.63) is 34.6 Å². The second kappa shape index (κ2) is 5.45. The van der Waals surface area contributed by atoms with Crippen molar-refractivity contribution in [3.8, 4) is 0 Å². The number of hydrogen-bond acceptors (Lipinski definition) is 1. The first-order valence-corrected chi connectivity index (χ1v) is 6.69. The highest BCUT2D eigenvalue weighted by Crippen LogP contribution is 2.26. The van der Waals surface area contributed by atoms with E-state index in [0.717, 1.165) is 6.42 Å². The van der Waals surface area contributed by atoms with Gasteiger partial charge in [0.2, 0.25) is 0 Å². The lowest BCUT2D eigenvalue weighted by atomic mass is 9.99. The number of likely N-dealkylation sites (tertiary alicyclic amines) is 1. The SMILES string of the molecule is CC1CN(C(=O)c2cccc(F)c2Cl)CCC1Cl. The van der Waals surface area contributed by atoms with E-state index in [9.17, 15) is 9.18 Å². The summed E-state index contributed by atoms with van der Waals surface area (Å²) >= 11 is 11.9. The van der Waals surface area contributed by atoms with Crippen LogP contribution in [0.25, 0.3) is 0 Å². The molecule has 0 saturated carbocycles. The maximum atomic E-state index is 13.3. The Balaban J connectivity index is 2.19. The van der Waals surface area contributed by atoms with Crippen LogP contribution in [0.3, 0.4) is 0 Å². The molecular formula is C13H14Cl2FNO. The van der Waals surface area contributed by atoms with E-state index in [0.29, 0.717) is 13.1 Å². The summed E-state index contributed by atoms with van der Waals surface area (Å²) in [5, 5.41) is -0.0137. The topological polar surface area (TPSA) is 20.3 Å². The van der Waals surface area contributed by atoms with Crippen molar-refractivity contribution in [1.82, 2.24) is 4.90 Å². The summed E-state index contributed by atoms with van der Waals surface area (Å²) < 4.78 is 13.3. The Hall–Kier alpha value is -0.800. The van der Waals surface area contributed by atoms with E-state index >= 15 is 0 Å². The lowest BCUT2D eigenvalue weighted by Crippen LogP contribution is -2.43. The second-order valence-corrected chi connectivity index (χ2v) is 5.57. The molecule has 1 aliphatic heterocycles. The van der Waals surface area contributed by atoms with Gasteiger partial charge in [-0.3, -0.25) is 4.79 Å².